The molecule has 1 saturated heterocycles. The molecule has 6 aromatic rings. The van der Waals surface area contributed by atoms with Crippen molar-refractivity contribution in [2.24, 2.45) is 7.05 Å². The molecule has 0 spiro atoms. The van der Waals surface area contributed by atoms with Gasteiger partial charge in [0, 0.05) is 51.2 Å². The third-order valence-electron chi connectivity index (χ3n) is 11.9. The Morgan fingerprint density at radius 1 is 0.789 bits per heavy atom. The number of rotatable bonds is 9. The topological polar surface area (TPSA) is 177 Å². The second kappa shape index (κ2) is 14.0. The fourth-order valence-corrected chi connectivity index (χ4v) is 9.12. The standard InChI is InChI=1S/C39H40Cl2N10O6/c1-48-29-18-42-35(44-27-14-21-4-12-56-31(21)16-25(27)40)46-33(29)50(37(48)52)23-2-7-39(54,8-3-23)9-10-49-30-19-43-36(45-28-15-22-5-13-57-32(22)17-26(28)41)47-34(30)51(38(49)53)24-6-11-55-20-24/h14-19,23-24,54H,2-13,20H2,1H3,(H,42,44,46)(H,43,45,47). The number of benzene rings is 2. The molecule has 7 heterocycles. The molecule has 4 aliphatic rings. The van der Waals surface area contributed by atoms with Gasteiger partial charge in [0.05, 0.1) is 65.3 Å². The summed E-state index contributed by atoms with van der Waals surface area (Å²) in [5, 5.41) is 19.3. The number of aromatic nitrogens is 8. The van der Waals surface area contributed by atoms with Gasteiger partial charge in [0.2, 0.25) is 11.9 Å². The highest BCUT2D eigenvalue weighted by Crippen LogP contribution is 2.40. The number of hydrogen-bond acceptors (Lipinski definition) is 12. The number of aryl methyl sites for hydroxylation is 2. The number of anilines is 4. The quantitative estimate of drug-likeness (QED) is 0.165. The summed E-state index contributed by atoms with van der Waals surface area (Å²) < 4.78 is 23.6. The Hall–Kier alpha value is -5.16. The lowest BCUT2D eigenvalue weighted by molar-refractivity contribution is -0.0180. The molecule has 0 radical (unpaired) electrons. The van der Waals surface area contributed by atoms with Crippen molar-refractivity contribution in [1.29, 1.82) is 0 Å². The maximum Gasteiger partial charge on any atom is 0.330 e. The summed E-state index contributed by atoms with van der Waals surface area (Å²) in [6.07, 6.45) is 7.84. The van der Waals surface area contributed by atoms with Gasteiger partial charge in [-0.05, 0) is 61.8 Å². The highest BCUT2D eigenvalue weighted by Gasteiger charge is 2.36. The number of hydrogen-bond donors (Lipinski definition) is 3. The molecule has 1 aliphatic carbocycles. The van der Waals surface area contributed by atoms with Crippen LogP contribution in [-0.4, -0.2) is 75.3 Å². The summed E-state index contributed by atoms with van der Waals surface area (Å²) in [5.74, 6) is 2.18. The SMILES string of the molecule is Cn1c(=O)n(C2CCC(O)(CCn3c(=O)n(C4CCOC4)c4nc(Nc5cc6c(cc5Cl)OCC6)ncc43)CC2)c2nc(Nc3cc4c(cc3Cl)OCC4)ncc21. The Morgan fingerprint density at radius 2 is 1.37 bits per heavy atom. The third kappa shape index (κ3) is 6.38. The van der Waals surface area contributed by atoms with E-state index in [-0.39, 0.29) is 30.0 Å². The minimum absolute atomic E-state index is 0.179. The van der Waals surface area contributed by atoms with Gasteiger partial charge in [-0.25, -0.2) is 19.6 Å². The minimum atomic E-state index is -1.05. The van der Waals surface area contributed by atoms with Crippen molar-refractivity contribution >= 4 is 68.8 Å². The van der Waals surface area contributed by atoms with Crippen LogP contribution in [0.15, 0.2) is 46.2 Å². The Morgan fingerprint density at radius 3 is 1.96 bits per heavy atom. The van der Waals surface area contributed by atoms with Crippen molar-refractivity contribution < 1.29 is 19.3 Å². The van der Waals surface area contributed by atoms with Gasteiger partial charge in [-0.2, -0.15) is 9.97 Å². The lowest BCUT2D eigenvalue weighted by Gasteiger charge is -2.36. The molecule has 1 saturated carbocycles. The lowest BCUT2D eigenvalue weighted by atomic mass is 9.80. The molecule has 10 rings (SSSR count). The molecule has 2 aromatic carbocycles. The van der Waals surface area contributed by atoms with Crippen LogP contribution in [-0.2, 0) is 31.2 Å². The van der Waals surface area contributed by atoms with Crippen LogP contribution < -0.4 is 31.5 Å². The number of aliphatic hydroxyl groups is 1. The predicted molar refractivity (Wildman–Crippen MR) is 214 cm³/mol. The van der Waals surface area contributed by atoms with Gasteiger partial charge >= 0.3 is 11.4 Å². The number of fused-ring (bicyclic) bond motifs is 4. The van der Waals surface area contributed by atoms with Crippen LogP contribution in [0.3, 0.4) is 0 Å². The first-order valence-corrected chi connectivity index (χ1v) is 20.0. The molecule has 2 fully saturated rings. The van der Waals surface area contributed by atoms with E-state index in [1.54, 1.807) is 49.8 Å². The first-order chi connectivity index (χ1) is 27.6. The zero-order valence-electron chi connectivity index (χ0n) is 31.1. The van der Waals surface area contributed by atoms with Crippen LogP contribution in [0.2, 0.25) is 10.0 Å². The summed E-state index contributed by atoms with van der Waals surface area (Å²) in [5.41, 5.74) is 4.11. The minimum Gasteiger partial charge on any atom is -0.493 e. The first kappa shape index (κ1) is 36.2. The molecule has 1 unspecified atom stereocenters. The van der Waals surface area contributed by atoms with Gasteiger partial charge < -0.3 is 30.0 Å². The monoisotopic (exact) mass is 814 g/mol. The van der Waals surface area contributed by atoms with E-state index >= 15 is 0 Å². The number of imidazole rings is 2. The van der Waals surface area contributed by atoms with E-state index in [0.717, 1.165) is 35.5 Å². The van der Waals surface area contributed by atoms with Gasteiger partial charge in [0.1, 0.15) is 22.5 Å². The molecule has 296 valence electrons. The van der Waals surface area contributed by atoms with Crippen molar-refractivity contribution in [1.82, 2.24) is 38.2 Å². The van der Waals surface area contributed by atoms with Crippen LogP contribution in [0, 0.1) is 0 Å². The molecule has 16 nitrogen and oxygen atoms in total. The summed E-state index contributed by atoms with van der Waals surface area (Å²) >= 11 is 13.1. The van der Waals surface area contributed by atoms with Gasteiger partial charge in [-0.1, -0.05) is 23.2 Å². The van der Waals surface area contributed by atoms with Crippen molar-refractivity contribution in [3.8, 4) is 11.5 Å². The fraction of sp³-hybridized carbons (Fsp3) is 0.436. The maximum atomic E-state index is 14.1. The normalized spacial score (nSPS) is 21.5. The average Bonchev–Trinajstić information content (AvgIpc) is 4.05. The molecule has 4 aromatic heterocycles. The molecule has 0 bridgehead atoms. The predicted octanol–water partition coefficient (Wildman–Crippen LogP) is 5.60. The van der Waals surface area contributed by atoms with Gasteiger partial charge in [0.25, 0.3) is 0 Å². The second-order valence-electron chi connectivity index (χ2n) is 15.4. The van der Waals surface area contributed by atoms with E-state index in [4.69, 9.17) is 47.4 Å². The number of halogens is 2. The largest absolute Gasteiger partial charge is 0.493 e. The number of nitrogens with zero attached hydrogens (tertiary/aromatic N) is 8. The fourth-order valence-electron chi connectivity index (χ4n) is 8.72. The summed E-state index contributed by atoms with van der Waals surface area (Å²) in [6, 6.07) is 7.09. The van der Waals surface area contributed by atoms with Crippen molar-refractivity contribution in [3.63, 3.8) is 0 Å². The Bertz CT molecular complexity index is 2690. The van der Waals surface area contributed by atoms with Crippen molar-refractivity contribution in [2.45, 2.75) is 75.6 Å². The Balaban J connectivity index is 0.878. The molecule has 3 aliphatic heterocycles. The number of nitrogens with one attached hydrogen (secondary N) is 2. The van der Waals surface area contributed by atoms with Gasteiger partial charge in [0.15, 0.2) is 11.3 Å². The van der Waals surface area contributed by atoms with E-state index in [1.807, 2.05) is 12.1 Å². The smallest absolute Gasteiger partial charge is 0.330 e. The van der Waals surface area contributed by atoms with Crippen molar-refractivity contribution in [3.05, 3.63) is 78.8 Å². The maximum absolute atomic E-state index is 14.1. The molecular weight excluding hydrogens is 775 g/mol. The Kier molecular flexibility index (Phi) is 8.92. The highest BCUT2D eigenvalue weighted by atomic mass is 35.5. The van der Waals surface area contributed by atoms with Crippen LogP contribution in [0.25, 0.3) is 22.3 Å². The summed E-state index contributed by atoms with van der Waals surface area (Å²) in [4.78, 5) is 46.4. The van der Waals surface area contributed by atoms with Crippen LogP contribution in [0.5, 0.6) is 11.5 Å². The van der Waals surface area contributed by atoms with E-state index in [1.165, 1.54) is 0 Å². The highest BCUT2D eigenvalue weighted by molar-refractivity contribution is 6.34. The third-order valence-corrected chi connectivity index (χ3v) is 12.5. The van der Waals surface area contributed by atoms with E-state index in [2.05, 4.69) is 20.6 Å². The molecule has 3 N–H and O–H groups in total. The zero-order chi connectivity index (χ0) is 39.0. The summed E-state index contributed by atoms with van der Waals surface area (Å²) in [7, 11) is 1.71. The van der Waals surface area contributed by atoms with E-state index in [9.17, 15) is 14.7 Å². The van der Waals surface area contributed by atoms with Crippen LogP contribution in [0.4, 0.5) is 23.3 Å². The summed E-state index contributed by atoms with van der Waals surface area (Å²) in [6.45, 7) is 2.44. The molecule has 0 amide bonds. The van der Waals surface area contributed by atoms with Crippen LogP contribution in [0.1, 0.15) is 61.7 Å². The first-order valence-electron chi connectivity index (χ1n) is 19.3. The molecule has 57 heavy (non-hydrogen) atoms. The van der Waals surface area contributed by atoms with Crippen LogP contribution >= 0.6 is 23.2 Å². The second-order valence-corrected chi connectivity index (χ2v) is 16.2. The molecular formula is C39H40Cl2N10O6. The molecule has 18 heteroatoms. The van der Waals surface area contributed by atoms with Gasteiger partial charge in [-0.3, -0.25) is 18.3 Å². The number of ether oxygens (including phenoxy) is 3. The average molecular weight is 816 g/mol. The van der Waals surface area contributed by atoms with Gasteiger partial charge in [-0.15, -0.1) is 0 Å². The zero-order valence-corrected chi connectivity index (χ0v) is 32.6. The van der Waals surface area contributed by atoms with E-state index in [0.29, 0.717) is 121 Å². The lowest BCUT2D eigenvalue weighted by Crippen LogP contribution is -2.39. The van der Waals surface area contributed by atoms with E-state index < -0.39 is 5.60 Å². The van der Waals surface area contributed by atoms with Crippen molar-refractivity contribution in [2.75, 3.05) is 37.1 Å². The molecule has 1 atom stereocenters. The Labute approximate surface area is 335 Å².